The molecule has 0 heterocycles. The zero-order valence-electron chi connectivity index (χ0n) is 8.82. The van der Waals surface area contributed by atoms with Crippen LogP contribution in [0.3, 0.4) is 0 Å². The summed E-state index contributed by atoms with van der Waals surface area (Å²) in [5.74, 6) is 0.851. The van der Waals surface area contributed by atoms with Gasteiger partial charge in [-0.15, -0.1) is 11.8 Å². The first-order valence-electron chi connectivity index (χ1n) is 4.68. The fraction of sp³-hybridized carbons (Fsp3) is 0.455. The van der Waals surface area contributed by atoms with Crippen LogP contribution >= 0.6 is 11.8 Å². The van der Waals surface area contributed by atoms with Crippen LogP contribution in [0.1, 0.15) is 13.8 Å². The SMILES string of the molecule is CCOC(C)Oc1ccc(SC)cc1. The van der Waals surface area contributed by atoms with E-state index in [1.165, 1.54) is 4.90 Å². The molecule has 2 nitrogen and oxygen atoms in total. The largest absolute Gasteiger partial charge is 0.465 e. The fourth-order valence-corrected chi connectivity index (χ4v) is 1.52. The number of hydrogen-bond acceptors (Lipinski definition) is 3. The number of hydrogen-bond donors (Lipinski definition) is 0. The van der Waals surface area contributed by atoms with Crippen molar-refractivity contribution in [1.29, 1.82) is 0 Å². The van der Waals surface area contributed by atoms with Crippen molar-refractivity contribution in [1.82, 2.24) is 0 Å². The van der Waals surface area contributed by atoms with Gasteiger partial charge >= 0.3 is 0 Å². The lowest BCUT2D eigenvalue weighted by atomic mass is 10.3. The van der Waals surface area contributed by atoms with Gasteiger partial charge < -0.3 is 9.47 Å². The van der Waals surface area contributed by atoms with Gasteiger partial charge in [0.15, 0.2) is 6.29 Å². The average Bonchev–Trinajstić information content (AvgIpc) is 2.19. The Bertz CT molecular complexity index is 258. The molecule has 14 heavy (non-hydrogen) atoms. The standard InChI is InChI=1S/C11H16O2S/c1-4-12-9(2)13-10-5-7-11(14-3)8-6-10/h5-9H,4H2,1-3H3. The van der Waals surface area contributed by atoms with E-state index in [9.17, 15) is 0 Å². The lowest BCUT2D eigenvalue weighted by molar-refractivity contribution is -0.0613. The number of rotatable bonds is 5. The second-order valence-corrected chi connectivity index (χ2v) is 3.70. The van der Waals surface area contributed by atoms with Gasteiger partial charge in [-0.3, -0.25) is 0 Å². The van der Waals surface area contributed by atoms with Crippen molar-refractivity contribution in [2.24, 2.45) is 0 Å². The van der Waals surface area contributed by atoms with E-state index in [2.05, 4.69) is 6.26 Å². The molecule has 0 aliphatic heterocycles. The van der Waals surface area contributed by atoms with Crippen molar-refractivity contribution in [3.63, 3.8) is 0 Å². The molecule has 1 atom stereocenters. The Balaban J connectivity index is 2.50. The van der Waals surface area contributed by atoms with Crippen LogP contribution in [0, 0.1) is 0 Å². The van der Waals surface area contributed by atoms with E-state index in [-0.39, 0.29) is 6.29 Å². The monoisotopic (exact) mass is 212 g/mol. The Morgan fingerprint density at radius 3 is 2.43 bits per heavy atom. The highest BCUT2D eigenvalue weighted by Crippen LogP contribution is 2.19. The fourth-order valence-electron chi connectivity index (χ4n) is 1.11. The number of thioether (sulfide) groups is 1. The molecule has 1 aromatic rings. The molecule has 0 aromatic heterocycles. The predicted molar refractivity (Wildman–Crippen MR) is 59.9 cm³/mol. The van der Waals surface area contributed by atoms with Gasteiger partial charge in [0.25, 0.3) is 0 Å². The van der Waals surface area contributed by atoms with E-state index >= 15 is 0 Å². The molecule has 0 bridgehead atoms. The number of benzene rings is 1. The van der Waals surface area contributed by atoms with Crippen LogP contribution in [-0.4, -0.2) is 19.2 Å². The second kappa shape index (κ2) is 5.94. The molecule has 0 N–H and O–H groups in total. The van der Waals surface area contributed by atoms with Gasteiger partial charge in [0, 0.05) is 11.5 Å². The summed E-state index contributed by atoms with van der Waals surface area (Å²) in [7, 11) is 0. The highest BCUT2D eigenvalue weighted by Gasteiger charge is 2.01. The van der Waals surface area contributed by atoms with Gasteiger partial charge in [0.2, 0.25) is 0 Å². The zero-order valence-corrected chi connectivity index (χ0v) is 9.64. The summed E-state index contributed by atoms with van der Waals surface area (Å²) in [6.45, 7) is 4.52. The van der Waals surface area contributed by atoms with Crippen LogP contribution in [0.4, 0.5) is 0 Å². The quantitative estimate of drug-likeness (QED) is 0.551. The Kier molecular flexibility index (Phi) is 4.84. The molecule has 0 fully saturated rings. The summed E-state index contributed by atoms with van der Waals surface area (Å²) in [5.41, 5.74) is 0. The Hall–Kier alpha value is -0.670. The zero-order chi connectivity index (χ0) is 10.4. The van der Waals surface area contributed by atoms with Crippen LogP contribution in [0.25, 0.3) is 0 Å². The number of ether oxygens (including phenoxy) is 2. The minimum absolute atomic E-state index is 0.180. The molecule has 1 rings (SSSR count). The third kappa shape index (κ3) is 3.60. The first-order valence-corrected chi connectivity index (χ1v) is 5.91. The Morgan fingerprint density at radius 2 is 1.93 bits per heavy atom. The van der Waals surface area contributed by atoms with E-state index in [1.807, 2.05) is 38.1 Å². The first kappa shape index (κ1) is 11.4. The normalized spacial score (nSPS) is 12.5. The van der Waals surface area contributed by atoms with E-state index < -0.39 is 0 Å². The molecule has 0 aliphatic rings. The second-order valence-electron chi connectivity index (χ2n) is 2.82. The maximum Gasteiger partial charge on any atom is 0.196 e. The van der Waals surface area contributed by atoms with Crippen molar-refractivity contribution >= 4 is 11.8 Å². The van der Waals surface area contributed by atoms with Gasteiger partial charge in [-0.2, -0.15) is 0 Å². The van der Waals surface area contributed by atoms with Gasteiger partial charge in [0.1, 0.15) is 5.75 Å². The van der Waals surface area contributed by atoms with Gasteiger partial charge in [-0.25, -0.2) is 0 Å². The van der Waals surface area contributed by atoms with E-state index in [0.717, 1.165) is 5.75 Å². The highest BCUT2D eigenvalue weighted by molar-refractivity contribution is 7.98. The Labute approximate surface area is 89.6 Å². The first-order chi connectivity index (χ1) is 6.76. The molecular formula is C11H16O2S. The predicted octanol–water partition coefficient (Wildman–Crippen LogP) is 3.17. The van der Waals surface area contributed by atoms with Crippen molar-refractivity contribution in [3.05, 3.63) is 24.3 Å². The molecule has 0 aliphatic carbocycles. The molecular weight excluding hydrogens is 196 g/mol. The maximum atomic E-state index is 5.52. The molecule has 78 valence electrons. The van der Waals surface area contributed by atoms with Crippen molar-refractivity contribution < 1.29 is 9.47 Å². The van der Waals surface area contributed by atoms with Crippen LogP contribution < -0.4 is 4.74 Å². The smallest absolute Gasteiger partial charge is 0.196 e. The van der Waals surface area contributed by atoms with Gasteiger partial charge in [-0.1, -0.05) is 0 Å². The van der Waals surface area contributed by atoms with Gasteiger partial charge in [0.05, 0.1) is 0 Å². The Morgan fingerprint density at radius 1 is 1.29 bits per heavy atom. The van der Waals surface area contributed by atoms with Gasteiger partial charge in [-0.05, 0) is 44.4 Å². The van der Waals surface area contributed by atoms with Crippen molar-refractivity contribution in [2.75, 3.05) is 12.9 Å². The lowest BCUT2D eigenvalue weighted by Gasteiger charge is -2.14. The minimum atomic E-state index is -0.180. The summed E-state index contributed by atoms with van der Waals surface area (Å²) in [6.07, 6.45) is 1.87. The molecule has 3 heteroatoms. The van der Waals surface area contributed by atoms with Crippen LogP contribution in [0.2, 0.25) is 0 Å². The molecule has 1 unspecified atom stereocenters. The molecule has 0 spiro atoms. The van der Waals surface area contributed by atoms with Crippen molar-refractivity contribution in [2.45, 2.75) is 25.0 Å². The minimum Gasteiger partial charge on any atom is -0.465 e. The van der Waals surface area contributed by atoms with Crippen molar-refractivity contribution in [3.8, 4) is 5.75 Å². The summed E-state index contributed by atoms with van der Waals surface area (Å²) in [5, 5.41) is 0. The van der Waals surface area contributed by atoms with Crippen LogP contribution in [0.15, 0.2) is 29.2 Å². The molecule has 0 saturated heterocycles. The van der Waals surface area contributed by atoms with E-state index in [4.69, 9.17) is 9.47 Å². The van der Waals surface area contributed by atoms with Crippen LogP contribution in [0.5, 0.6) is 5.75 Å². The highest BCUT2D eigenvalue weighted by atomic mass is 32.2. The van der Waals surface area contributed by atoms with E-state index in [0.29, 0.717) is 6.61 Å². The maximum absolute atomic E-state index is 5.52. The summed E-state index contributed by atoms with van der Waals surface area (Å²) < 4.78 is 10.8. The summed E-state index contributed by atoms with van der Waals surface area (Å²) in [6, 6.07) is 8.00. The molecule has 1 aromatic carbocycles. The summed E-state index contributed by atoms with van der Waals surface area (Å²) in [4.78, 5) is 1.24. The average molecular weight is 212 g/mol. The van der Waals surface area contributed by atoms with Crippen LogP contribution in [-0.2, 0) is 4.74 Å². The topological polar surface area (TPSA) is 18.5 Å². The molecule has 0 radical (unpaired) electrons. The van der Waals surface area contributed by atoms with E-state index in [1.54, 1.807) is 11.8 Å². The molecule has 0 saturated carbocycles. The lowest BCUT2D eigenvalue weighted by Crippen LogP contribution is -2.15. The third-order valence-electron chi connectivity index (χ3n) is 1.76. The summed E-state index contributed by atoms with van der Waals surface area (Å²) >= 11 is 1.72. The molecule has 0 amide bonds. The third-order valence-corrected chi connectivity index (χ3v) is 2.51.